The molecule has 4 nitrogen and oxygen atoms in total. The molecule has 0 unspecified atom stereocenters. The number of fused-ring (bicyclic) bond motifs is 1. The molecule has 0 bridgehead atoms. The number of halogens is 3. The number of carboxylic acid groups (broad SMARTS) is 1. The highest BCUT2D eigenvalue weighted by atomic mass is 19.4. The maximum atomic E-state index is 12.8. The number of H-pyrrole nitrogens is 1. The molecule has 3 aromatic rings. The van der Waals surface area contributed by atoms with Gasteiger partial charge in [0.05, 0.1) is 11.1 Å². The molecular formula is C17H10F3NO3. The number of benzene rings is 2. The molecule has 7 heteroatoms. The summed E-state index contributed by atoms with van der Waals surface area (Å²) in [6.45, 7) is 0. The van der Waals surface area contributed by atoms with Crippen molar-refractivity contribution in [3.05, 3.63) is 70.9 Å². The van der Waals surface area contributed by atoms with Crippen LogP contribution in [0.1, 0.15) is 32.0 Å². The Bertz CT molecular complexity index is 943. The van der Waals surface area contributed by atoms with Gasteiger partial charge in [0.15, 0.2) is 5.78 Å². The molecule has 2 aromatic carbocycles. The van der Waals surface area contributed by atoms with E-state index in [9.17, 15) is 27.9 Å². The number of carboxylic acids is 1. The van der Waals surface area contributed by atoms with E-state index in [2.05, 4.69) is 4.98 Å². The Kier molecular flexibility index (Phi) is 3.63. The Morgan fingerprint density at radius 3 is 2.25 bits per heavy atom. The number of carbonyl (C=O) groups is 2. The predicted molar refractivity (Wildman–Crippen MR) is 80.1 cm³/mol. The first-order chi connectivity index (χ1) is 11.3. The van der Waals surface area contributed by atoms with E-state index >= 15 is 0 Å². The predicted octanol–water partition coefficient (Wildman–Crippen LogP) is 4.12. The first-order valence-electron chi connectivity index (χ1n) is 6.85. The second-order valence-electron chi connectivity index (χ2n) is 5.13. The van der Waals surface area contributed by atoms with E-state index < -0.39 is 29.2 Å². The van der Waals surface area contributed by atoms with Crippen LogP contribution < -0.4 is 0 Å². The van der Waals surface area contributed by atoms with E-state index in [0.717, 1.165) is 18.2 Å². The van der Waals surface area contributed by atoms with E-state index in [1.165, 1.54) is 12.1 Å². The minimum atomic E-state index is -4.56. The van der Waals surface area contributed by atoms with Gasteiger partial charge in [0.25, 0.3) is 0 Å². The number of hydrogen-bond donors (Lipinski definition) is 2. The first-order valence-corrected chi connectivity index (χ1v) is 6.85. The normalized spacial score (nSPS) is 11.6. The molecule has 0 aliphatic carbocycles. The number of nitrogens with one attached hydrogen (secondary N) is 1. The fourth-order valence-corrected chi connectivity index (χ4v) is 2.50. The van der Waals surface area contributed by atoms with Crippen LogP contribution >= 0.6 is 0 Å². The van der Waals surface area contributed by atoms with Gasteiger partial charge in [-0.05, 0) is 12.1 Å². The minimum Gasteiger partial charge on any atom is -0.477 e. The first kappa shape index (κ1) is 15.8. The van der Waals surface area contributed by atoms with Crippen molar-refractivity contribution in [3.63, 3.8) is 0 Å². The molecule has 1 heterocycles. The zero-order valence-electron chi connectivity index (χ0n) is 12.0. The molecule has 0 radical (unpaired) electrons. The van der Waals surface area contributed by atoms with Crippen LogP contribution in [0.15, 0.2) is 48.5 Å². The molecule has 0 amide bonds. The summed E-state index contributed by atoms with van der Waals surface area (Å²) in [5.41, 5.74) is -1.31. The third kappa shape index (κ3) is 2.64. The molecule has 24 heavy (non-hydrogen) atoms. The van der Waals surface area contributed by atoms with Crippen LogP contribution in [0.4, 0.5) is 13.2 Å². The van der Waals surface area contributed by atoms with E-state index in [1.807, 2.05) is 0 Å². The highest BCUT2D eigenvalue weighted by Gasteiger charge is 2.32. The molecule has 1 aromatic heterocycles. The fraction of sp³-hybridized carbons (Fsp3) is 0.0588. The lowest BCUT2D eigenvalue weighted by Crippen LogP contribution is -2.08. The number of carbonyl (C=O) groups excluding carboxylic acids is 1. The number of aromatic carboxylic acids is 1. The van der Waals surface area contributed by atoms with Gasteiger partial charge in [-0.2, -0.15) is 13.2 Å². The van der Waals surface area contributed by atoms with Gasteiger partial charge in [-0.3, -0.25) is 4.79 Å². The van der Waals surface area contributed by atoms with Crippen molar-refractivity contribution < 1.29 is 27.9 Å². The molecular weight excluding hydrogens is 323 g/mol. The largest absolute Gasteiger partial charge is 0.477 e. The van der Waals surface area contributed by atoms with Gasteiger partial charge in [-0.1, -0.05) is 36.4 Å². The van der Waals surface area contributed by atoms with Gasteiger partial charge in [0.1, 0.15) is 5.69 Å². The van der Waals surface area contributed by atoms with Crippen molar-refractivity contribution >= 4 is 22.7 Å². The second kappa shape index (κ2) is 5.52. The van der Waals surface area contributed by atoms with Crippen LogP contribution in [0.5, 0.6) is 0 Å². The van der Waals surface area contributed by atoms with E-state index in [1.54, 1.807) is 18.2 Å². The van der Waals surface area contributed by atoms with Crippen LogP contribution in [0, 0.1) is 0 Å². The summed E-state index contributed by atoms with van der Waals surface area (Å²) in [6.07, 6.45) is -4.56. The van der Waals surface area contributed by atoms with Crippen molar-refractivity contribution in [1.29, 1.82) is 0 Å². The summed E-state index contributed by atoms with van der Waals surface area (Å²) in [4.78, 5) is 26.4. The summed E-state index contributed by atoms with van der Waals surface area (Å²) in [5.74, 6) is -1.99. The topological polar surface area (TPSA) is 70.2 Å². The molecule has 0 spiro atoms. The maximum Gasteiger partial charge on any atom is 0.416 e. The molecule has 0 aliphatic heterocycles. The van der Waals surface area contributed by atoms with Gasteiger partial charge in [0, 0.05) is 16.5 Å². The summed E-state index contributed by atoms with van der Waals surface area (Å²) in [5, 5.41) is 9.42. The Morgan fingerprint density at radius 2 is 1.67 bits per heavy atom. The highest BCUT2D eigenvalue weighted by Crippen LogP contribution is 2.33. The summed E-state index contributed by atoms with van der Waals surface area (Å²) < 4.78 is 38.4. The minimum absolute atomic E-state index is 0.0542. The molecule has 0 saturated carbocycles. The van der Waals surface area contributed by atoms with E-state index in [4.69, 9.17) is 0 Å². The average Bonchev–Trinajstić information content (AvgIpc) is 2.93. The standard InChI is InChI=1S/C17H10F3NO3/c18-17(19,20)10-6-7-11-12(8-10)21-14(16(23)24)13(11)15(22)9-4-2-1-3-5-9/h1-8,21H,(H,23,24). The summed E-state index contributed by atoms with van der Waals surface area (Å²) in [7, 11) is 0. The SMILES string of the molecule is O=C(O)c1[nH]c2cc(C(F)(F)F)ccc2c1C(=O)c1ccccc1. The molecule has 122 valence electrons. The summed E-state index contributed by atoms with van der Waals surface area (Å²) in [6, 6.07) is 10.7. The average molecular weight is 333 g/mol. The third-order valence-electron chi connectivity index (χ3n) is 3.60. The van der Waals surface area contributed by atoms with Crippen LogP contribution in [-0.2, 0) is 6.18 Å². The van der Waals surface area contributed by atoms with Gasteiger partial charge >= 0.3 is 12.1 Å². The molecule has 3 rings (SSSR count). The Labute approximate surface area is 133 Å². The van der Waals surface area contributed by atoms with Crippen molar-refractivity contribution in [3.8, 4) is 0 Å². The van der Waals surface area contributed by atoms with Gasteiger partial charge in [-0.25, -0.2) is 4.79 Å². The van der Waals surface area contributed by atoms with Crippen molar-refractivity contribution in [2.45, 2.75) is 6.18 Å². The lowest BCUT2D eigenvalue weighted by atomic mass is 9.99. The lowest BCUT2D eigenvalue weighted by molar-refractivity contribution is -0.137. The van der Waals surface area contributed by atoms with Crippen LogP contribution in [0.3, 0.4) is 0 Å². The smallest absolute Gasteiger partial charge is 0.416 e. The lowest BCUT2D eigenvalue weighted by Gasteiger charge is -2.06. The van der Waals surface area contributed by atoms with Crippen molar-refractivity contribution in [1.82, 2.24) is 4.98 Å². The van der Waals surface area contributed by atoms with Gasteiger partial charge < -0.3 is 10.1 Å². The zero-order valence-corrected chi connectivity index (χ0v) is 12.0. The van der Waals surface area contributed by atoms with Crippen LogP contribution in [0.2, 0.25) is 0 Å². The number of rotatable bonds is 3. The van der Waals surface area contributed by atoms with Gasteiger partial charge in [0.2, 0.25) is 0 Å². The maximum absolute atomic E-state index is 12.8. The van der Waals surface area contributed by atoms with Crippen LogP contribution in [-0.4, -0.2) is 21.8 Å². The van der Waals surface area contributed by atoms with E-state index in [-0.39, 0.29) is 22.0 Å². The quantitative estimate of drug-likeness (QED) is 0.709. The third-order valence-corrected chi connectivity index (χ3v) is 3.60. The Morgan fingerprint density at radius 1 is 1.00 bits per heavy atom. The van der Waals surface area contributed by atoms with E-state index in [0.29, 0.717) is 0 Å². The monoisotopic (exact) mass is 333 g/mol. The van der Waals surface area contributed by atoms with Gasteiger partial charge in [-0.15, -0.1) is 0 Å². The Hall–Kier alpha value is -3.09. The summed E-state index contributed by atoms with van der Waals surface area (Å²) >= 11 is 0. The molecule has 0 aliphatic rings. The number of alkyl halides is 3. The molecule has 0 fully saturated rings. The number of hydrogen-bond acceptors (Lipinski definition) is 2. The number of aromatic nitrogens is 1. The van der Waals surface area contributed by atoms with Crippen LogP contribution in [0.25, 0.3) is 10.9 Å². The molecule has 2 N–H and O–H groups in total. The number of aromatic amines is 1. The molecule has 0 saturated heterocycles. The van der Waals surface area contributed by atoms with Crippen molar-refractivity contribution in [2.24, 2.45) is 0 Å². The molecule has 0 atom stereocenters. The second-order valence-corrected chi connectivity index (χ2v) is 5.13. The van der Waals surface area contributed by atoms with Crippen molar-refractivity contribution in [2.75, 3.05) is 0 Å². The number of ketones is 1. The highest BCUT2D eigenvalue weighted by molar-refractivity contribution is 6.21. The fourth-order valence-electron chi connectivity index (χ4n) is 2.50. The zero-order chi connectivity index (χ0) is 17.5. The Balaban J connectivity index is 2.24.